The first-order valence-corrected chi connectivity index (χ1v) is 8.19. The van der Waals surface area contributed by atoms with Crippen LogP contribution in [0.15, 0.2) is 6.07 Å². The molecule has 0 amide bonds. The van der Waals surface area contributed by atoms with E-state index in [4.69, 9.17) is 0 Å². The maximum atomic E-state index is 11.4. The molecular weight excluding hydrogens is 242 g/mol. The summed E-state index contributed by atoms with van der Waals surface area (Å²) in [5, 5.41) is 3.24. The molecule has 1 atom stereocenters. The Morgan fingerprint density at radius 1 is 1.44 bits per heavy atom. The molecule has 1 heterocycles. The predicted molar refractivity (Wildman–Crippen MR) is 69.9 cm³/mol. The van der Waals surface area contributed by atoms with E-state index in [9.17, 15) is 8.42 Å². The summed E-state index contributed by atoms with van der Waals surface area (Å²) in [5.41, 5.74) is 1.12. The summed E-state index contributed by atoms with van der Waals surface area (Å²) < 4.78 is 22.7. The van der Waals surface area contributed by atoms with Crippen LogP contribution in [0.2, 0.25) is 0 Å². The van der Waals surface area contributed by atoms with Gasteiger partial charge in [0, 0.05) is 22.1 Å². The molecule has 1 unspecified atom stereocenters. The Bertz CT molecular complexity index is 449. The first-order valence-electron chi connectivity index (χ1n) is 5.31. The normalized spacial score (nSPS) is 14.0. The Morgan fingerprint density at radius 3 is 2.44 bits per heavy atom. The third-order valence-corrected chi connectivity index (χ3v) is 4.30. The maximum Gasteiger partial charge on any atom is 0.149 e. The van der Waals surface area contributed by atoms with Gasteiger partial charge in [0.1, 0.15) is 9.84 Å². The average molecular weight is 261 g/mol. The van der Waals surface area contributed by atoms with E-state index >= 15 is 0 Å². The minimum Gasteiger partial charge on any atom is -0.309 e. The number of rotatable bonds is 5. The monoisotopic (exact) mass is 261 g/mol. The van der Waals surface area contributed by atoms with Crippen molar-refractivity contribution in [1.29, 1.82) is 0 Å². The summed E-state index contributed by atoms with van der Waals surface area (Å²) in [6.45, 7) is 6.85. The van der Waals surface area contributed by atoms with E-state index in [2.05, 4.69) is 11.4 Å². The van der Waals surface area contributed by atoms with Crippen LogP contribution in [0, 0.1) is 13.8 Å². The molecule has 0 spiro atoms. The summed E-state index contributed by atoms with van der Waals surface area (Å²) in [4.78, 5) is 2.43. The van der Waals surface area contributed by atoms with Crippen molar-refractivity contribution in [2.75, 3.05) is 18.6 Å². The molecule has 0 aliphatic rings. The van der Waals surface area contributed by atoms with Crippen LogP contribution in [0.25, 0.3) is 0 Å². The number of aryl methyl sites for hydroxylation is 2. The lowest BCUT2D eigenvalue weighted by Gasteiger charge is -2.16. The Hall–Kier alpha value is -0.390. The van der Waals surface area contributed by atoms with Crippen LogP contribution >= 0.6 is 11.3 Å². The molecule has 0 aromatic carbocycles. The zero-order valence-electron chi connectivity index (χ0n) is 10.2. The second-order valence-corrected chi connectivity index (χ2v) is 7.72. The van der Waals surface area contributed by atoms with Crippen molar-refractivity contribution in [1.82, 2.24) is 5.32 Å². The molecule has 1 aromatic heterocycles. The number of hydrogen-bond acceptors (Lipinski definition) is 4. The zero-order chi connectivity index (χ0) is 12.3. The van der Waals surface area contributed by atoms with Crippen molar-refractivity contribution in [3.05, 3.63) is 21.4 Å². The minimum absolute atomic E-state index is 0.0788. The van der Waals surface area contributed by atoms with Crippen LogP contribution in [0.4, 0.5) is 0 Å². The number of thiophene rings is 1. The van der Waals surface area contributed by atoms with Gasteiger partial charge >= 0.3 is 0 Å². The molecule has 0 bridgehead atoms. The van der Waals surface area contributed by atoms with Crippen molar-refractivity contribution < 1.29 is 8.42 Å². The highest BCUT2D eigenvalue weighted by atomic mass is 32.2. The zero-order valence-corrected chi connectivity index (χ0v) is 11.8. The van der Waals surface area contributed by atoms with E-state index in [0.29, 0.717) is 0 Å². The highest BCUT2D eigenvalue weighted by Gasteiger charge is 2.19. The van der Waals surface area contributed by atoms with Crippen LogP contribution < -0.4 is 5.32 Å². The lowest BCUT2D eigenvalue weighted by atomic mass is 10.1. The molecule has 0 saturated carbocycles. The van der Waals surface area contributed by atoms with Gasteiger partial charge in [0.05, 0.1) is 5.75 Å². The van der Waals surface area contributed by atoms with Crippen LogP contribution in [-0.4, -0.2) is 27.0 Å². The van der Waals surface area contributed by atoms with E-state index in [1.165, 1.54) is 16.0 Å². The maximum absolute atomic E-state index is 11.4. The molecule has 92 valence electrons. The standard InChI is InChI=1S/C11H19NO2S2/c1-5-12-11(7-16(4,13)14)10-6-8(2)15-9(10)3/h6,11-12H,5,7H2,1-4H3. The fourth-order valence-corrected chi connectivity index (χ4v) is 3.70. The fraction of sp³-hybridized carbons (Fsp3) is 0.636. The number of nitrogens with one attached hydrogen (secondary N) is 1. The Labute approximate surface area is 102 Å². The van der Waals surface area contributed by atoms with Gasteiger partial charge in [-0.05, 0) is 32.0 Å². The molecule has 0 radical (unpaired) electrons. The Kier molecular flexibility index (Phi) is 4.52. The van der Waals surface area contributed by atoms with E-state index < -0.39 is 9.84 Å². The molecule has 1 aromatic rings. The molecule has 1 N–H and O–H groups in total. The van der Waals surface area contributed by atoms with Crippen molar-refractivity contribution >= 4 is 21.2 Å². The molecule has 0 fully saturated rings. The van der Waals surface area contributed by atoms with Crippen molar-refractivity contribution in [2.24, 2.45) is 0 Å². The molecular formula is C11H19NO2S2. The van der Waals surface area contributed by atoms with E-state index in [1.54, 1.807) is 11.3 Å². The highest BCUT2D eigenvalue weighted by molar-refractivity contribution is 7.90. The van der Waals surface area contributed by atoms with E-state index in [-0.39, 0.29) is 11.8 Å². The summed E-state index contributed by atoms with van der Waals surface area (Å²) in [6.07, 6.45) is 1.28. The van der Waals surface area contributed by atoms with E-state index in [0.717, 1.165) is 12.1 Å². The van der Waals surface area contributed by atoms with Gasteiger partial charge in [0.15, 0.2) is 0 Å². The van der Waals surface area contributed by atoms with Gasteiger partial charge in [-0.1, -0.05) is 6.92 Å². The quantitative estimate of drug-likeness (QED) is 0.882. The van der Waals surface area contributed by atoms with Crippen LogP contribution in [0.5, 0.6) is 0 Å². The third kappa shape index (κ3) is 3.88. The molecule has 5 heteroatoms. The molecule has 0 saturated heterocycles. The van der Waals surface area contributed by atoms with Crippen LogP contribution in [0.1, 0.15) is 28.3 Å². The van der Waals surface area contributed by atoms with Gasteiger partial charge < -0.3 is 5.32 Å². The molecule has 0 aliphatic heterocycles. The smallest absolute Gasteiger partial charge is 0.149 e. The van der Waals surface area contributed by atoms with Crippen LogP contribution in [-0.2, 0) is 9.84 Å². The summed E-state index contributed by atoms with van der Waals surface area (Å²) >= 11 is 1.71. The minimum atomic E-state index is -2.96. The van der Waals surface area contributed by atoms with Gasteiger partial charge in [0.25, 0.3) is 0 Å². The van der Waals surface area contributed by atoms with Gasteiger partial charge in [-0.25, -0.2) is 8.42 Å². The third-order valence-electron chi connectivity index (χ3n) is 2.37. The Balaban J connectivity index is 2.98. The molecule has 3 nitrogen and oxygen atoms in total. The van der Waals surface area contributed by atoms with Gasteiger partial charge in [-0.3, -0.25) is 0 Å². The second kappa shape index (κ2) is 5.29. The van der Waals surface area contributed by atoms with E-state index in [1.807, 2.05) is 20.8 Å². The number of sulfone groups is 1. The van der Waals surface area contributed by atoms with Gasteiger partial charge in [0.2, 0.25) is 0 Å². The first-order chi connectivity index (χ1) is 7.33. The molecule has 1 rings (SSSR count). The van der Waals surface area contributed by atoms with Gasteiger partial charge in [-0.2, -0.15) is 0 Å². The molecule has 16 heavy (non-hydrogen) atoms. The summed E-state index contributed by atoms with van der Waals surface area (Å²) in [7, 11) is -2.96. The second-order valence-electron chi connectivity index (χ2n) is 4.07. The SMILES string of the molecule is CCNC(CS(C)(=O)=O)c1cc(C)sc1C. The number of hydrogen-bond donors (Lipinski definition) is 1. The average Bonchev–Trinajstić information content (AvgIpc) is 2.42. The first kappa shape index (κ1) is 13.7. The summed E-state index contributed by atoms with van der Waals surface area (Å²) in [5.74, 6) is 0.165. The largest absolute Gasteiger partial charge is 0.309 e. The van der Waals surface area contributed by atoms with Crippen molar-refractivity contribution in [3.8, 4) is 0 Å². The highest BCUT2D eigenvalue weighted by Crippen LogP contribution is 2.27. The van der Waals surface area contributed by atoms with Crippen LogP contribution in [0.3, 0.4) is 0 Å². The predicted octanol–water partition coefficient (Wildman–Crippen LogP) is 2.06. The van der Waals surface area contributed by atoms with Crippen molar-refractivity contribution in [2.45, 2.75) is 26.8 Å². The topological polar surface area (TPSA) is 46.2 Å². The molecule has 0 aliphatic carbocycles. The lowest BCUT2D eigenvalue weighted by Crippen LogP contribution is -2.27. The van der Waals surface area contributed by atoms with Gasteiger partial charge in [-0.15, -0.1) is 11.3 Å². The summed E-state index contributed by atoms with van der Waals surface area (Å²) in [6, 6.07) is 2.00. The Morgan fingerprint density at radius 2 is 2.06 bits per heavy atom. The fourth-order valence-electron chi connectivity index (χ4n) is 1.80. The van der Waals surface area contributed by atoms with Crippen molar-refractivity contribution in [3.63, 3.8) is 0 Å². The lowest BCUT2D eigenvalue weighted by molar-refractivity contribution is 0.563.